The maximum absolute atomic E-state index is 13.0. The number of nitrogens with zero attached hydrogens (tertiary/aromatic N) is 2. The van der Waals surface area contributed by atoms with Crippen molar-refractivity contribution in [2.45, 2.75) is 32.9 Å². The van der Waals surface area contributed by atoms with E-state index in [9.17, 15) is 23.9 Å². The number of hydrogen-bond acceptors (Lipinski definition) is 5. The van der Waals surface area contributed by atoms with Crippen LogP contribution in [0.5, 0.6) is 0 Å². The van der Waals surface area contributed by atoms with E-state index in [1.165, 1.54) is 18.5 Å². The van der Waals surface area contributed by atoms with E-state index in [2.05, 4.69) is 4.98 Å². The smallest absolute Gasteiger partial charge is 0.341 e. The quantitative estimate of drug-likeness (QED) is 0.671. The topological polar surface area (TPSA) is 98.5 Å². The van der Waals surface area contributed by atoms with Gasteiger partial charge in [0.25, 0.3) is 5.56 Å². The van der Waals surface area contributed by atoms with Crippen LogP contribution in [0.3, 0.4) is 0 Å². The zero-order valence-corrected chi connectivity index (χ0v) is 13.9. The third-order valence-corrected chi connectivity index (χ3v) is 3.10. The van der Waals surface area contributed by atoms with Crippen molar-refractivity contribution in [2.24, 2.45) is 0 Å². The van der Waals surface area contributed by atoms with Crippen LogP contribution in [0.1, 0.15) is 31.1 Å². The fourth-order valence-corrected chi connectivity index (χ4v) is 2.12. The highest BCUT2D eigenvalue weighted by Crippen LogP contribution is 2.18. The van der Waals surface area contributed by atoms with E-state index in [4.69, 9.17) is 4.74 Å². The minimum Gasteiger partial charge on any atom is -0.477 e. The molecule has 2 heterocycles. The highest BCUT2D eigenvalue weighted by molar-refractivity contribution is 5.89. The Bertz CT molecular complexity index is 866. The van der Waals surface area contributed by atoms with Gasteiger partial charge in [0.05, 0.1) is 0 Å². The largest absolute Gasteiger partial charge is 0.477 e. The number of carbonyl (C=O) groups is 2. The summed E-state index contributed by atoms with van der Waals surface area (Å²) < 4.78 is 19.1. The summed E-state index contributed by atoms with van der Waals surface area (Å²) in [4.78, 5) is 39.0. The minimum atomic E-state index is -1.43. The van der Waals surface area contributed by atoms with Crippen LogP contribution < -0.4 is 5.56 Å². The van der Waals surface area contributed by atoms with Crippen molar-refractivity contribution in [1.82, 2.24) is 9.55 Å². The number of pyridine rings is 2. The zero-order chi connectivity index (χ0) is 18.8. The summed E-state index contributed by atoms with van der Waals surface area (Å²) in [5.41, 5.74) is -1.37. The second kappa shape index (κ2) is 6.84. The number of hydrogen-bond donors (Lipinski definition) is 1. The van der Waals surface area contributed by atoms with Crippen LogP contribution in [0.15, 0.2) is 35.4 Å². The molecule has 7 nitrogen and oxygen atoms in total. The van der Waals surface area contributed by atoms with E-state index in [1.807, 2.05) is 0 Å². The molecule has 132 valence electrons. The maximum atomic E-state index is 13.0. The third kappa shape index (κ3) is 4.72. The van der Waals surface area contributed by atoms with Crippen molar-refractivity contribution < 1.29 is 23.8 Å². The Morgan fingerprint density at radius 2 is 1.96 bits per heavy atom. The van der Waals surface area contributed by atoms with E-state index < -0.39 is 41.2 Å². The normalized spacial score (nSPS) is 11.2. The van der Waals surface area contributed by atoms with Crippen LogP contribution in [0.4, 0.5) is 4.39 Å². The van der Waals surface area contributed by atoms with E-state index in [0.29, 0.717) is 11.1 Å². The number of ether oxygens (including phenoxy) is 1. The minimum absolute atomic E-state index is 0.313. The average molecular weight is 348 g/mol. The van der Waals surface area contributed by atoms with Crippen molar-refractivity contribution in [3.05, 3.63) is 52.5 Å². The molecule has 25 heavy (non-hydrogen) atoms. The van der Waals surface area contributed by atoms with E-state index in [1.54, 1.807) is 20.8 Å². The maximum Gasteiger partial charge on any atom is 0.341 e. The number of halogens is 1. The van der Waals surface area contributed by atoms with E-state index in [0.717, 1.165) is 16.7 Å². The Morgan fingerprint density at radius 1 is 1.28 bits per heavy atom. The highest BCUT2D eigenvalue weighted by Gasteiger charge is 2.20. The highest BCUT2D eigenvalue weighted by atomic mass is 19.1. The summed E-state index contributed by atoms with van der Waals surface area (Å²) in [6.07, 6.45) is 2.52. The van der Waals surface area contributed by atoms with Crippen LogP contribution in [-0.4, -0.2) is 32.2 Å². The van der Waals surface area contributed by atoms with Gasteiger partial charge in [0.1, 0.15) is 17.7 Å². The molecule has 0 amide bonds. The SMILES string of the molecule is CC(C)(C)OC(=O)Cn1cc(-c2ccc(F)nc2)cc(C(=O)O)c1=O. The molecule has 2 aromatic heterocycles. The Morgan fingerprint density at radius 3 is 2.48 bits per heavy atom. The number of esters is 1. The van der Waals surface area contributed by atoms with Crippen LogP contribution in [-0.2, 0) is 16.1 Å². The van der Waals surface area contributed by atoms with E-state index in [-0.39, 0.29) is 0 Å². The van der Waals surface area contributed by atoms with Gasteiger partial charge >= 0.3 is 11.9 Å². The Kier molecular flexibility index (Phi) is 5.01. The summed E-state index contributed by atoms with van der Waals surface area (Å²) in [5.74, 6) is -2.80. The molecule has 1 N–H and O–H groups in total. The number of carboxylic acid groups (broad SMARTS) is 1. The molecule has 0 aromatic carbocycles. The molecule has 0 saturated heterocycles. The number of carbonyl (C=O) groups excluding carboxylic acids is 1. The third-order valence-electron chi connectivity index (χ3n) is 3.10. The first-order valence-corrected chi connectivity index (χ1v) is 7.38. The Labute approximate surface area is 142 Å². The summed E-state index contributed by atoms with van der Waals surface area (Å²) in [6, 6.07) is 3.66. The van der Waals surface area contributed by atoms with Crippen LogP contribution >= 0.6 is 0 Å². The molecule has 0 fully saturated rings. The zero-order valence-electron chi connectivity index (χ0n) is 13.9. The van der Waals surface area contributed by atoms with Gasteiger partial charge in [0.15, 0.2) is 0 Å². The monoisotopic (exact) mass is 348 g/mol. The molecule has 0 aliphatic heterocycles. The fourth-order valence-electron chi connectivity index (χ4n) is 2.12. The van der Waals surface area contributed by atoms with Crippen molar-refractivity contribution >= 4 is 11.9 Å². The molecular formula is C17H17FN2O5. The van der Waals surface area contributed by atoms with Gasteiger partial charge < -0.3 is 14.4 Å². The second-order valence-corrected chi connectivity index (χ2v) is 6.34. The number of aromatic nitrogens is 2. The lowest BCUT2D eigenvalue weighted by Crippen LogP contribution is -2.32. The lowest BCUT2D eigenvalue weighted by molar-refractivity contribution is -0.155. The van der Waals surface area contributed by atoms with Gasteiger partial charge in [-0.25, -0.2) is 9.78 Å². The molecule has 8 heteroatoms. The molecule has 0 saturated carbocycles. The number of rotatable bonds is 4. The fraction of sp³-hybridized carbons (Fsp3) is 0.294. The average Bonchev–Trinajstić information content (AvgIpc) is 2.48. The lowest BCUT2D eigenvalue weighted by atomic mass is 10.1. The summed E-state index contributed by atoms with van der Waals surface area (Å²) in [7, 11) is 0. The van der Waals surface area contributed by atoms with Crippen molar-refractivity contribution in [2.75, 3.05) is 0 Å². The molecule has 0 unspecified atom stereocenters. The molecule has 0 atom stereocenters. The van der Waals surface area contributed by atoms with Crippen LogP contribution in [0.25, 0.3) is 11.1 Å². The molecule has 0 aliphatic rings. The molecule has 0 bridgehead atoms. The first-order chi connectivity index (χ1) is 11.6. The molecule has 2 rings (SSSR count). The predicted octanol–water partition coefficient (Wildman–Crippen LogP) is 2.09. The summed E-state index contributed by atoms with van der Waals surface area (Å²) in [6.45, 7) is 4.59. The molecule has 0 spiro atoms. The number of aromatic carboxylic acids is 1. The standard InChI is InChI=1S/C17H17FN2O5/c1-17(2,3)25-14(21)9-20-8-11(6-12(15(20)22)16(23)24)10-4-5-13(18)19-7-10/h4-8H,9H2,1-3H3,(H,23,24). The Hall–Kier alpha value is -3.03. The van der Waals surface area contributed by atoms with Gasteiger partial charge in [0, 0.05) is 23.5 Å². The molecule has 2 aromatic rings. The second-order valence-electron chi connectivity index (χ2n) is 6.34. The predicted molar refractivity (Wildman–Crippen MR) is 86.7 cm³/mol. The summed E-state index contributed by atoms with van der Waals surface area (Å²) in [5, 5.41) is 9.22. The van der Waals surface area contributed by atoms with Crippen molar-refractivity contribution in [1.29, 1.82) is 0 Å². The first-order valence-electron chi connectivity index (χ1n) is 7.38. The van der Waals surface area contributed by atoms with Crippen molar-refractivity contribution in [3.8, 4) is 11.1 Å². The number of carboxylic acids is 1. The summed E-state index contributed by atoms with van der Waals surface area (Å²) >= 11 is 0. The first kappa shape index (κ1) is 18.3. The Balaban J connectivity index is 2.48. The van der Waals surface area contributed by atoms with Crippen LogP contribution in [0, 0.1) is 5.95 Å². The molecular weight excluding hydrogens is 331 g/mol. The van der Waals surface area contributed by atoms with E-state index >= 15 is 0 Å². The van der Waals surface area contributed by atoms with Gasteiger partial charge in [-0.05, 0) is 39.0 Å². The van der Waals surface area contributed by atoms with Gasteiger partial charge in [-0.2, -0.15) is 4.39 Å². The van der Waals surface area contributed by atoms with Gasteiger partial charge in [-0.1, -0.05) is 0 Å². The molecule has 0 radical (unpaired) electrons. The molecule has 0 aliphatic carbocycles. The van der Waals surface area contributed by atoms with Crippen molar-refractivity contribution in [3.63, 3.8) is 0 Å². The lowest BCUT2D eigenvalue weighted by Gasteiger charge is -2.20. The van der Waals surface area contributed by atoms with Gasteiger partial charge in [-0.15, -0.1) is 0 Å². The van der Waals surface area contributed by atoms with Gasteiger partial charge in [-0.3, -0.25) is 9.59 Å². The van der Waals surface area contributed by atoms with Gasteiger partial charge in [0.2, 0.25) is 5.95 Å². The van der Waals surface area contributed by atoms with Crippen LogP contribution in [0.2, 0.25) is 0 Å².